The topological polar surface area (TPSA) is 113 Å². The summed E-state index contributed by atoms with van der Waals surface area (Å²) < 4.78 is 18.8. The van der Waals surface area contributed by atoms with E-state index >= 15 is 0 Å². The van der Waals surface area contributed by atoms with Crippen LogP contribution in [0.1, 0.15) is 47.2 Å². The summed E-state index contributed by atoms with van der Waals surface area (Å²) in [6.45, 7) is 2.26. The van der Waals surface area contributed by atoms with Crippen LogP contribution < -0.4 is 25.1 Å². The van der Waals surface area contributed by atoms with Crippen LogP contribution >= 0.6 is 11.6 Å². The third-order valence-electron chi connectivity index (χ3n) is 8.76. The molecule has 0 saturated heterocycles. The Kier molecular flexibility index (Phi) is 5.26. The van der Waals surface area contributed by atoms with E-state index in [0.717, 1.165) is 22.9 Å². The first kappa shape index (κ1) is 24.9. The second kappa shape index (κ2) is 8.44. The fraction of sp³-hybridized carbons (Fsp3) is 0.333. The number of aromatic nitrogens is 1. The molecule has 3 aromatic rings. The van der Waals surface area contributed by atoms with Crippen LogP contribution in [0.25, 0.3) is 10.9 Å². The average Bonchev–Trinajstić information content (AvgIpc) is 3.51. The summed E-state index contributed by atoms with van der Waals surface area (Å²) in [5, 5.41) is 3.77. The van der Waals surface area contributed by atoms with Crippen LogP contribution in [0.2, 0.25) is 5.02 Å². The smallest absolute Gasteiger partial charge is 0.254 e. The number of nitrogens with one attached hydrogen (secondary N) is 1. The quantitative estimate of drug-likeness (QED) is 0.486. The molecule has 1 amide bonds. The minimum absolute atomic E-state index is 0.0231. The number of ketones is 2. The van der Waals surface area contributed by atoms with E-state index in [-0.39, 0.29) is 57.7 Å². The maximum Gasteiger partial charge on any atom is 0.254 e. The van der Waals surface area contributed by atoms with Crippen molar-refractivity contribution in [2.24, 2.45) is 5.92 Å². The predicted octanol–water partition coefficient (Wildman–Crippen LogP) is 3.71. The van der Waals surface area contributed by atoms with Crippen molar-refractivity contribution < 1.29 is 28.6 Å². The number of hydrogen-bond acceptors (Lipinski definition) is 7. The SMILES string of the molecule is COc1cc(OC)c2c(c1Cl)O[C@@]1(C(=O)C3=C(C[C@H]1C)NC(=O)C[C@H]3c1cc3cccc4c3n(c1=O)CC4)C2=O. The number of aryl methyl sites for hydroxylation is 2. The molecular weight excluding hydrogens is 536 g/mol. The lowest BCUT2D eigenvalue weighted by Crippen LogP contribution is -2.59. The molecule has 0 bridgehead atoms. The Hall–Kier alpha value is -4.11. The highest BCUT2D eigenvalue weighted by Gasteiger charge is 2.63. The van der Waals surface area contributed by atoms with Crippen LogP contribution in [-0.2, 0) is 22.6 Å². The van der Waals surface area contributed by atoms with Gasteiger partial charge in [0.05, 0.1) is 19.7 Å². The Morgan fingerprint density at radius 1 is 1.05 bits per heavy atom. The zero-order chi connectivity index (χ0) is 28.1. The van der Waals surface area contributed by atoms with Gasteiger partial charge < -0.3 is 24.1 Å². The highest BCUT2D eigenvalue weighted by molar-refractivity contribution is 6.36. The van der Waals surface area contributed by atoms with Gasteiger partial charge in [-0.1, -0.05) is 36.7 Å². The third kappa shape index (κ3) is 3.04. The molecule has 0 fully saturated rings. The molecule has 1 spiro atoms. The van der Waals surface area contributed by atoms with E-state index in [2.05, 4.69) is 5.32 Å². The fourth-order valence-corrected chi connectivity index (χ4v) is 7.16. The van der Waals surface area contributed by atoms with Crippen LogP contribution in [0.4, 0.5) is 0 Å². The lowest BCUT2D eigenvalue weighted by molar-refractivity contribution is -0.131. The van der Waals surface area contributed by atoms with Gasteiger partial charge in [-0.3, -0.25) is 19.2 Å². The molecule has 3 aliphatic heterocycles. The number of benzene rings is 2. The highest BCUT2D eigenvalue weighted by atomic mass is 35.5. The van der Waals surface area contributed by atoms with Gasteiger partial charge in [0.2, 0.25) is 23.1 Å². The van der Waals surface area contributed by atoms with E-state index in [1.807, 2.05) is 18.2 Å². The van der Waals surface area contributed by atoms with Gasteiger partial charge >= 0.3 is 0 Å². The number of allylic oxidation sites excluding steroid dienone is 1. The van der Waals surface area contributed by atoms with Crippen molar-refractivity contribution in [3.8, 4) is 17.2 Å². The summed E-state index contributed by atoms with van der Waals surface area (Å²) in [5.74, 6) is -2.48. The summed E-state index contributed by atoms with van der Waals surface area (Å²) in [6, 6.07) is 9.14. The first-order valence-corrected chi connectivity index (χ1v) is 13.5. The van der Waals surface area contributed by atoms with Gasteiger partial charge in [-0.15, -0.1) is 0 Å². The minimum atomic E-state index is -1.93. The zero-order valence-corrected chi connectivity index (χ0v) is 22.8. The van der Waals surface area contributed by atoms with Gasteiger partial charge in [0, 0.05) is 47.7 Å². The number of amides is 1. The average molecular weight is 561 g/mol. The monoisotopic (exact) mass is 560 g/mol. The van der Waals surface area contributed by atoms with Crippen LogP contribution in [0.3, 0.4) is 0 Å². The molecular formula is C30H25ClN2O7. The number of halogens is 1. The number of rotatable bonds is 3. The van der Waals surface area contributed by atoms with E-state index in [0.29, 0.717) is 17.8 Å². The molecule has 7 rings (SSSR count). The van der Waals surface area contributed by atoms with E-state index < -0.39 is 29.0 Å². The first-order valence-electron chi connectivity index (χ1n) is 13.1. The largest absolute Gasteiger partial charge is 0.496 e. The van der Waals surface area contributed by atoms with Gasteiger partial charge in [0.1, 0.15) is 22.1 Å². The molecule has 4 heterocycles. The standard InChI is InChI=1S/C30H25ClN2O7/c1-13-9-18-22(27(35)30(13)28(36)23-19(38-2)12-20(39-3)24(31)26(23)40-30)16(11-21(34)32-18)17-10-15-6-4-5-14-7-8-33(25(14)15)29(17)37/h4-6,10,12-13,16H,7-9,11H2,1-3H3,(H,32,34)/t13-,16+,30+/m1/s1. The number of pyridine rings is 1. The molecule has 204 valence electrons. The lowest BCUT2D eigenvalue weighted by Gasteiger charge is -2.41. The van der Waals surface area contributed by atoms with E-state index in [4.69, 9.17) is 25.8 Å². The van der Waals surface area contributed by atoms with Crippen LogP contribution in [-0.4, -0.2) is 41.9 Å². The van der Waals surface area contributed by atoms with Crippen molar-refractivity contribution in [1.29, 1.82) is 0 Å². The van der Waals surface area contributed by atoms with Crippen molar-refractivity contribution in [2.45, 2.75) is 44.2 Å². The van der Waals surface area contributed by atoms with Crippen molar-refractivity contribution >= 4 is 40.0 Å². The molecule has 9 nitrogen and oxygen atoms in total. The predicted molar refractivity (Wildman–Crippen MR) is 145 cm³/mol. The van der Waals surface area contributed by atoms with Gasteiger partial charge in [0.25, 0.3) is 5.56 Å². The first-order chi connectivity index (χ1) is 19.2. The summed E-state index contributed by atoms with van der Waals surface area (Å²) >= 11 is 6.56. The molecule has 1 aliphatic carbocycles. The van der Waals surface area contributed by atoms with E-state index in [9.17, 15) is 19.2 Å². The highest BCUT2D eigenvalue weighted by Crippen LogP contribution is 2.55. The third-order valence-corrected chi connectivity index (χ3v) is 9.12. The minimum Gasteiger partial charge on any atom is -0.496 e. The molecule has 4 aliphatic rings. The lowest BCUT2D eigenvalue weighted by atomic mass is 9.66. The molecule has 2 aromatic carbocycles. The fourth-order valence-electron chi connectivity index (χ4n) is 6.90. The van der Waals surface area contributed by atoms with Crippen LogP contribution in [0.15, 0.2) is 46.4 Å². The Balaban J connectivity index is 1.41. The number of Topliss-reactive ketones (excluding diaryl/α,β-unsaturated/α-hetero) is 2. The molecule has 1 N–H and O–H groups in total. The van der Waals surface area contributed by atoms with Crippen LogP contribution in [0, 0.1) is 5.92 Å². The summed E-state index contributed by atoms with van der Waals surface area (Å²) in [6.07, 6.45) is 0.821. The number of carbonyl (C=O) groups is 3. The Labute approximate surface area is 233 Å². The van der Waals surface area contributed by atoms with Crippen LogP contribution in [0.5, 0.6) is 17.2 Å². The van der Waals surface area contributed by atoms with Crippen molar-refractivity contribution in [3.63, 3.8) is 0 Å². The molecule has 10 heteroatoms. The molecule has 1 aromatic heterocycles. The number of hydrogen-bond donors (Lipinski definition) is 1. The maximum atomic E-state index is 14.6. The van der Waals surface area contributed by atoms with Gasteiger partial charge in [0.15, 0.2) is 5.75 Å². The number of para-hydroxylation sites is 1. The summed E-state index contributed by atoms with van der Waals surface area (Å²) in [4.78, 5) is 55.4. The zero-order valence-electron chi connectivity index (χ0n) is 22.1. The Morgan fingerprint density at radius 2 is 1.82 bits per heavy atom. The van der Waals surface area contributed by atoms with Gasteiger partial charge in [-0.05, 0) is 29.9 Å². The van der Waals surface area contributed by atoms with E-state index in [1.54, 1.807) is 17.6 Å². The number of methoxy groups -OCH3 is 2. The Morgan fingerprint density at radius 3 is 2.58 bits per heavy atom. The number of fused-ring (bicyclic) bond motifs is 1. The normalized spacial score (nSPS) is 24.8. The van der Waals surface area contributed by atoms with Crippen molar-refractivity contribution in [3.05, 3.63) is 73.7 Å². The van der Waals surface area contributed by atoms with Crippen molar-refractivity contribution in [1.82, 2.24) is 9.88 Å². The second-order valence-corrected chi connectivity index (χ2v) is 11.1. The number of nitrogens with zero attached hydrogens (tertiary/aromatic N) is 1. The van der Waals surface area contributed by atoms with E-state index in [1.165, 1.54) is 20.3 Å². The van der Waals surface area contributed by atoms with Crippen molar-refractivity contribution in [2.75, 3.05) is 14.2 Å². The maximum absolute atomic E-state index is 14.6. The second-order valence-electron chi connectivity index (χ2n) is 10.8. The van der Waals surface area contributed by atoms with Gasteiger partial charge in [-0.2, -0.15) is 0 Å². The summed E-state index contributed by atoms with van der Waals surface area (Å²) in [7, 11) is 2.83. The number of carbonyl (C=O) groups excluding carboxylic acids is 3. The molecule has 0 unspecified atom stereocenters. The molecule has 40 heavy (non-hydrogen) atoms. The molecule has 0 saturated carbocycles. The Bertz CT molecular complexity index is 1810. The van der Waals surface area contributed by atoms with Gasteiger partial charge in [-0.25, -0.2) is 0 Å². The molecule has 3 atom stereocenters. The molecule has 0 radical (unpaired) electrons. The number of ether oxygens (including phenoxy) is 3. The summed E-state index contributed by atoms with van der Waals surface area (Å²) in [5.41, 5.74) is 0.871.